The molecule has 5 heteroatoms. The normalized spacial score (nSPS) is 37.8. The van der Waals surface area contributed by atoms with Gasteiger partial charge in [0.05, 0.1) is 5.69 Å². The third-order valence-electron chi connectivity index (χ3n) is 6.10. The molecule has 0 saturated heterocycles. The summed E-state index contributed by atoms with van der Waals surface area (Å²) in [6.07, 6.45) is 5.34. The van der Waals surface area contributed by atoms with E-state index in [1.807, 2.05) is 11.7 Å². The number of nitrogens with one attached hydrogen (secondary N) is 1. The standard InChI is InChI=1S/C15H20N4S/c1-3-9-12-14(18(2)17-9)19(15(20)16-12)13-10-7-4-5-8(6-7)11(10)13/h7-8,10-11,13H,3-6H2,1-2H3,(H,16,20). The minimum absolute atomic E-state index is 0.655. The van der Waals surface area contributed by atoms with Gasteiger partial charge in [-0.25, -0.2) is 0 Å². The van der Waals surface area contributed by atoms with Crippen molar-refractivity contribution in [3.05, 3.63) is 10.5 Å². The van der Waals surface area contributed by atoms with E-state index in [1.54, 1.807) is 0 Å². The monoisotopic (exact) mass is 288 g/mol. The summed E-state index contributed by atoms with van der Waals surface area (Å²) in [5.41, 5.74) is 3.52. The number of hydrogen-bond acceptors (Lipinski definition) is 2. The number of fused-ring (bicyclic) bond motifs is 6. The van der Waals surface area contributed by atoms with E-state index < -0.39 is 0 Å². The molecule has 0 aromatic carbocycles. The second-order valence-electron chi connectivity index (χ2n) is 6.90. The molecule has 0 spiro atoms. The van der Waals surface area contributed by atoms with E-state index >= 15 is 0 Å². The summed E-state index contributed by atoms with van der Waals surface area (Å²) in [6.45, 7) is 2.15. The molecule has 0 radical (unpaired) electrons. The lowest BCUT2D eigenvalue weighted by molar-refractivity contribution is 0.453. The predicted octanol–water partition coefficient (Wildman–Crippen LogP) is 3.21. The third-order valence-corrected chi connectivity index (χ3v) is 6.39. The summed E-state index contributed by atoms with van der Waals surface area (Å²) in [7, 11) is 2.05. The van der Waals surface area contributed by atoms with Crippen LogP contribution in [0.1, 0.15) is 37.9 Å². The van der Waals surface area contributed by atoms with Crippen molar-refractivity contribution in [2.75, 3.05) is 0 Å². The van der Waals surface area contributed by atoms with Crippen LogP contribution in [0.25, 0.3) is 11.2 Å². The highest BCUT2D eigenvalue weighted by Gasteiger charge is 2.66. The van der Waals surface area contributed by atoms with Crippen LogP contribution in [-0.2, 0) is 13.5 Å². The van der Waals surface area contributed by atoms with Crippen LogP contribution in [0, 0.1) is 28.4 Å². The zero-order valence-electron chi connectivity index (χ0n) is 12.0. The zero-order valence-corrected chi connectivity index (χ0v) is 12.8. The van der Waals surface area contributed by atoms with Gasteiger partial charge in [0.1, 0.15) is 5.52 Å². The smallest absolute Gasteiger partial charge is 0.179 e. The maximum absolute atomic E-state index is 5.63. The van der Waals surface area contributed by atoms with E-state index in [-0.39, 0.29) is 0 Å². The summed E-state index contributed by atoms with van der Waals surface area (Å²) < 4.78 is 5.33. The maximum atomic E-state index is 5.63. The minimum atomic E-state index is 0.655. The molecule has 3 saturated carbocycles. The highest BCUT2D eigenvalue weighted by atomic mass is 32.1. The average Bonchev–Trinajstić information content (AvgIpc) is 2.81. The molecule has 4 nitrogen and oxygen atoms in total. The third kappa shape index (κ3) is 1.19. The Balaban J connectivity index is 1.69. The fourth-order valence-electron chi connectivity index (χ4n) is 5.39. The van der Waals surface area contributed by atoms with Crippen molar-refractivity contribution in [2.24, 2.45) is 30.7 Å². The first-order valence-corrected chi connectivity index (χ1v) is 8.27. The van der Waals surface area contributed by atoms with E-state index in [1.165, 1.54) is 24.9 Å². The van der Waals surface area contributed by atoms with Gasteiger partial charge in [-0.2, -0.15) is 5.10 Å². The lowest BCUT2D eigenvalue weighted by Crippen LogP contribution is -2.07. The van der Waals surface area contributed by atoms with E-state index in [0.717, 1.165) is 46.1 Å². The van der Waals surface area contributed by atoms with Crippen molar-refractivity contribution in [1.29, 1.82) is 0 Å². The van der Waals surface area contributed by atoms with E-state index in [4.69, 9.17) is 12.2 Å². The Labute approximate surface area is 123 Å². The molecule has 5 rings (SSSR count). The Morgan fingerprint density at radius 2 is 2.00 bits per heavy atom. The van der Waals surface area contributed by atoms with Gasteiger partial charge in [0.15, 0.2) is 10.4 Å². The molecule has 2 aromatic rings. The summed E-state index contributed by atoms with van der Waals surface area (Å²) in [4.78, 5) is 3.42. The van der Waals surface area contributed by atoms with Crippen LogP contribution < -0.4 is 0 Å². The van der Waals surface area contributed by atoms with Crippen molar-refractivity contribution in [3.8, 4) is 0 Å². The Hall–Kier alpha value is -1.10. The number of imidazole rings is 1. The lowest BCUT2D eigenvalue weighted by Gasteiger charge is -2.11. The van der Waals surface area contributed by atoms with Gasteiger partial charge in [0.2, 0.25) is 0 Å². The quantitative estimate of drug-likeness (QED) is 0.862. The fourth-order valence-corrected chi connectivity index (χ4v) is 5.70. The highest BCUT2D eigenvalue weighted by Crippen LogP contribution is 2.71. The van der Waals surface area contributed by atoms with E-state index in [0.29, 0.717) is 6.04 Å². The Morgan fingerprint density at radius 1 is 1.30 bits per heavy atom. The molecule has 0 amide bonds. The Morgan fingerprint density at radius 3 is 2.65 bits per heavy atom. The Kier molecular flexibility index (Phi) is 2.06. The summed E-state index contributed by atoms with van der Waals surface area (Å²) >= 11 is 5.63. The highest BCUT2D eigenvalue weighted by molar-refractivity contribution is 7.71. The number of aryl methyl sites for hydroxylation is 2. The molecular formula is C15H20N4S. The fraction of sp³-hybridized carbons (Fsp3) is 0.733. The predicted molar refractivity (Wildman–Crippen MR) is 80.1 cm³/mol. The first-order chi connectivity index (χ1) is 9.70. The first-order valence-electron chi connectivity index (χ1n) is 7.86. The SMILES string of the molecule is CCc1nn(C)c2c1[nH]c(=S)n2C1C2C3CCC(C3)C21. The van der Waals surface area contributed by atoms with Gasteiger partial charge in [-0.1, -0.05) is 6.92 Å². The molecule has 2 bridgehead atoms. The van der Waals surface area contributed by atoms with Crippen LogP contribution in [0.4, 0.5) is 0 Å². The molecule has 1 N–H and O–H groups in total. The number of H-pyrrole nitrogens is 1. The molecule has 3 aliphatic carbocycles. The van der Waals surface area contributed by atoms with Gasteiger partial charge < -0.3 is 4.98 Å². The summed E-state index contributed by atoms with van der Waals surface area (Å²) in [5.74, 6) is 3.75. The summed E-state index contributed by atoms with van der Waals surface area (Å²) in [5, 5.41) is 4.65. The molecule has 0 aliphatic heterocycles. The number of hydrogen-bond donors (Lipinski definition) is 1. The number of aromatic amines is 1. The van der Waals surface area contributed by atoms with Gasteiger partial charge >= 0.3 is 0 Å². The van der Waals surface area contributed by atoms with Crippen LogP contribution in [0.5, 0.6) is 0 Å². The largest absolute Gasteiger partial charge is 0.328 e. The zero-order chi connectivity index (χ0) is 13.6. The molecular weight excluding hydrogens is 268 g/mol. The number of aromatic nitrogens is 4. The second kappa shape index (κ2) is 3.56. The first kappa shape index (κ1) is 11.5. The minimum Gasteiger partial charge on any atom is -0.328 e. The van der Waals surface area contributed by atoms with Gasteiger partial charge in [-0.15, -0.1) is 0 Å². The molecule has 106 valence electrons. The number of rotatable bonds is 2. The van der Waals surface area contributed by atoms with Gasteiger partial charge in [-0.3, -0.25) is 9.25 Å². The van der Waals surface area contributed by atoms with Gasteiger partial charge in [-0.05, 0) is 61.6 Å². The molecule has 3 aliphatic rings. The van der Waals surface area contributed by atoms with Crippen molar-refractivity contribution < 1.29 is 0 Å². The topological polar surface area (TPSA) is 38.5 Å². The molecule has 20 heavy (non-hydrogen) atoms. The molecule has 2 heterocycles. The molecule has 3 fully saturated rings. The lowest BCUT2D eigenvalue weighted by atomic mass is 10.0. The van der Waals surface area contributed by atoms with Crippen LogP contribution in [0.3, 0.4) is 0 Å². The number of nitrogens with zero attached hydrogens (tertiary/aromatic N) is 3. The van der Waals surface area contributed by atoms with E-state index in [2.05, 4.69) is 21.6 Å². The van der Waals surface area contributed by atoms with Crippen LogP contribution >= 0.6 is 12.2 Å². The van der Waals surface area contributed by atoms with Gasteiger partial charge in [0, 0.05) is 13.1 Å². The second-order valence-corrected chi connectivity index (χ2v) is 7.29. The van der Waals surface area contributed by atoms with Crippen molar-refractivity contribution >= 4 is 23.4 Å². The molecule has 4 unspecified atom stereocenters. The molecule has 4 atom stereocenters. The van der Waals surface area contributed by atoms with Crippen molar-refractivity contribution in [2.45, 2.75) is 38.6 Å². The van der Waals surface area contributed by atoms with Gasteiger partial charge in [0.25, 0.3) is 0 Å². The van der Waals surface area contributed by atoms with Crippen LogP contribution in [-0.4, -0.2) is 19.3 Å². The molecule has 2 aromatic heterocycles. The Bertz CT molecular complexity index is 751. The average molecular weight is 288 g/mol. The van der Waals surface area contributed by atoms with Crippen LogP contribution in [0.15, 0.2) is 0 Å². The van der Waals surface area contributed by atoms with Crippen LogP contribution in [0.2, 0.25) is 0 Å². The van der Waals surface area contributed by atoms with E-state index in [9.17, 15) is 0 Å². The van der Waals surface area contributed by atoms with Crippen molar-refractivity contribution in [1.82, 2.24) is 19.3 Å². The maximum Gasteiger partial charge on any atom is 0.179 e. The summed E-state index contributed by atoms with van der Waals surface area (Å²) in [6, 6.07) is 0.655. The van der Waals surface area contributed by atoms with Crippen molar-refractivity contribution in [3.63, 3.8) is 0 Å².